The Morgan fingerprint density at radius 2 is 1.06 bits per heavy atom. The van der Waals surface area contributed by atoms with E-state index < -0.39 is 0 Å². The number of H-pyrrole nitrogens is 2. The lowest BCUT2D eigenvalue weighted by atomic mass is 9.96. The molecule has 4 aromatic carbocycles. The van der Waals surface area contributed by atoms with Crippen molar-refractivity contribution in [1.29, 1.82) is 0 Å². The Morgan fingerprint density at radius 3 is 1.69 bits per heavy atom. The molecule has 5 heteroatoms. The van der Waals surface area contributed by atoms with Crippen LogP contribution in [0.1, 0.15) is 52.9 Å². The van der Waals surface area contributed by atoms with Crippen LogP contribution in [0.2, 0.25) is 0 Å². The summed E-state index contributed by atoms with van der Waals surface area (Å²) in [7, 11) is 0. The van der Waals surface area contributed by atoms with Crippen molar-refractivity contribution >= 4 is 33.8 Å². The van der Waals surface area contributed by atoms with Gasteiger partial charge >= 0.3 is 0 Å². The van der Waals surface area contributed by atoms with Crippen LogP contribution in [0.3, 0.4) is 0 Å². The summed E-state index contributed by atoms with van der Waals surface area (Å²) in [5.74, 6) is 0.0346. The highest BCUT2D eigenvalue weighted by Crippen LogP contribution is 2.42. The maximum atomic E-state index is 14.2. The standard InChI is InChI=1S/C44H33N4O/c49-39-27-38-42(30-17-9-3-10-18-30)36-24-23-34(46-36)40(28-13-5-1-6-14-28)32-21-22-33(45-32)41(29-15-7-2-8-16-29)35-25-26-37(47-35)43(44(39)48-38)31-19-11-4-12-20-31/h1-20,23-26,38H,21-22,27H2,(H2,45,46,47,49)/q-1/b42-36-. The van der Waals surface area contributed by atoms with E-state index in [1.165, 1.54) is 0 Å². The molecule has 1 unspecified atom stereocenters. The van der Waals surface area contributed by atoms with E-state index >= 15 is 0 Å². The SMILES string of the molecule is O=C1CC2[N-]/C1=C(/c1ccccc1)c1ccc([nH]1)/C(c1ccccc1)=C1/CCC(=N1)/C(c1ccccc1)=c1/cc/c([nH]1)=C/2c1ccccc1. The molecule has 0 spiro atoms. The number of hydrogen-bond acceptors (Lipinski definition) is 2. The molecule has 2 aromatic heterocycles. The third-order valence-electron chi connectivity index (χ3n) is 9.69. The molecule has 5 heterocycles. The van der Waals surface area contributed by atoms with Crippen molar-refractivity contribution < 1.29 is 4.79 Å². The summed E-state index contributed by atoms with van der Waals surface area (Å²) in [6, 6.07) is 49.6. The third kappa shape index (κ3) is 5.20. The largest absolute Gasteiger partial charge is 0.674 e. The molecule has 5 nitrogen and oxygen atoms in total. The molecular weight excluding hydrogens is 601 g/mol. The van der Waals surface area contributed by atoms with Crippen LogP contribution in [0.4, 0.5) is 0 Å². The number of nitrogens with zero attached hydrogens (tertiary/aromatic N) is 2. The maximum absolute atomic E-state index is 14.2. The van der Waals surface area contributed by atoms with Gasteiger partial charge in [0, 0.05) is 33.2 Å². The smallest absolute Gasteiger partial charge is 0.140 e. The molecule has 0 aliphatic carbocycles. The van der Waals surface area contributed by atoms with Gasteiger partial charge in [-0.05, 0) is 76.9 Å². The lowest BCUT2D eigenvalue weighted by Gasteiger charge is -2.29. The Kier molecular flexibility index (Phi) is 7.16. The first-order valence-corrected chi connectivity index (χ1v) is 16.9. The topological polar surface area (TPSA) is 75.1 Å². The van der Waals surface area contributed by atoms with Crippen LogP contribution in [0.25, 0.3) is 27.6 Å². The average molecular weight is 634 g/mol. The number of fused-ring (bicyclic) bond motifs is 7. The fourth-order valence-corrected chi connectivity index (χ4v) is 7.51. The molecule has 9 rings (SSSR count). The van der Waals surface area contributed by atoms with Crippen molar-refractivity contribution in [2.24, 2.45) is 4.99 Å². The normalized spacial score (nSPS) is 22.6. The third-order valence-corrected chi connectivity index (χ3v) is 9.69. The minimum Gasteiger partial charge on any atom is -0.674 e. The van der Waals surface area contributed by atoms with E-state index in [0.717, 1.165) is 90.9 Å². The molecule has 3 aliphatic rings. The van der Waals surface area contributed by atoms with Crippen LogP contribution < -0.4 is 10.7 Å². The van der Waals surface area contributed by atoms with Gasteiger partial charge in [0.15, 0.2) is 0 Å². The average Bonchev–Trinajstić information content (AvgIpc) is 3.98. The van der Waals surface area contributed by atoms with Crippen molar-refractivity contribution in [2.75, 3.05) is 0 Å². The highest BCUT2D eigenvalue weighted by molar-refractivity contribution is 6.24. The van der Waals surface area contributed by atoms with Crippen LogP contribution in [0, 0.1) is 0 Å². The first kappa shape index (κ1) is 29.0. The fraction of sp³-hybridized carbons (Fsp3) is 0.0909. The zero-order chi connectivity index (χ0) is 32.7. The summed E-state index contributed by atoms with van der Waals surface area (Å²) in [4.78, 5) is 27.1. The quantitative estimate of drug-likeness (QED) is 0.203. The van der Waals surface area contributed by atoms with E-state index in [4.69, 9.17) is 10.3 Å². The van der Waals surface area contributed by atoms with E-state index in [1.807, 2.05) is 48.5 Å². The van der Waals surface area contributed by atoms with Crippen LogP contribution in [0.15, 0.2) is 162 Å². The van der Waals surface area contributed by atoms with E-state index in [1.54, 1.807) is 0 Å². The lowest BCUT2D eigenvalue weighted by molar-refractivity contribution is -0.114. The second-order valence-electron chi connectivity index (χ2n) is 12.7. The number of aromatic nitrogens is 2. The number of aliphatic imine (C=N–C) groups is 1. The Bertz CT molecular complexity index is 2430. The Balaban J connectivity index is 1.39. The van der Waals surface area contributed by atoms with E-state index in [-0.39, 0.29) is 11.8 Å². The van der Waals surface area contributed by atoms with Gasteiger partial charge in [0.05, 0.1) is 11.4 Å². The summed E-state index contributed by atoms with van der Waals surface area (Å²) in [6.45, 7) is 0. The molecule has 49 heavy (non-hydrogen) atoms. The van der Waals surface area contributed by atoms with E-state index in [2.05, 4.69) is 107 Å². The van der Waals surface area contributed by atoms with Crippen LogP contribution in [0.5, 0.6) is 0 Å². The summed E-state index contributed by atoms with van der Waals surface area (Å²) >= 11 is 0. The molecular formula is C44H33N4O-. The fourth-order valence-electron chi connectivity index (χ4n) is 7.51. The van der Waals surface area contributed by atoms with Gasteiger partial charge in [-0.2, -0.15) is 0 Å². The zero-order valence-corrected chi connectivity index (χ0v) is 26.9. The van der Waals surface area contributed by atoms with Gasteiger partial charge in [0.1, 0.15) is 5.78 Å². The first-order valence-electron chi connectivity index (χ1n) is 16.9. The Hall–Kier alpha value is -6.20. The molecule has 236 valence electrons. The number of carbonyl (C=O) groups excluding carboxylic acids is 1. The molecule has 1 fully saturated rings. The van der Waals surface area contributed by atoms with Crippen molar-refractivity contribution in [2.45, 2.75) is 25.3 Å². The second kappa shape index (κ2) is 12.1. The highest BCUT2D eigenvalue weighted by Gasteiger charge is 2.27. The number of ketones is 1. The Morgan fingerprint density at radius 1 is 0.531 bits per heavy atom. The van der Waals surface area contributed by atoms with Gasteiger partial charge in [-0.1, -0.05) is 133 Å². The number of Topliss-reactive ketones (excluding diaryl/α,β-unsaturated/α-hetero) is 1. The summed E-state index contributed by atoms with van der Waals surface area (Å²) in [5, 5.41) is 7.23. The molecule has 0 saturated carbocycles. The molecule has 0 radical (unpaired) electrons. The van der Waals surface area contributed by atoms with Gasteiger partial charge in [-0.3, -0.25) is 9.79 Å². The summed E-state index contributed by atoms with van der Waals surface area (Å²) in [6.07, 6.45) is 1.92. The number of carbonyl (C=O) groups is 1. The van der Waals surface area contributed by atoms with Gasteiger partial charge in [-0.25, -0.2) is 0 Å². The minimum absolute atomic E-state index is 0.0346. The monoisotopic (exact) mass is 633 g/mol. The van der Waals surface area contributed by atoms with Crippen LogP contribution >= 0.6 is 0 Å². The minimum atomic E-state index is -0.354. The van der Waals surface area contributed by atoms with E-state index in [0.29, 0.717) is 12.1 Å². The van der Waals surface area contributed by atoms with Crippen LogP contribution in [-0.2, 0) is 4.79 Å². The Labute approximate surface area is 284 Å². The van der Waals surface area contributed by atoms with Crippen molar-refractivity contribution in [3.8, 4) is 0 Å². The molecule has 3 aliphatic heterocycles. The first-order chi connectivity index (χ1) is 24.2. The number of rotatable bonds is 4. The van der Waals surface area contributed by atoms with E-state index in [9.17, 15) is 4.79 Å². The number of benzene rings is 4. The van der Waals surface area contributed by atoms with Crippen molar-refractivity contribution in [3.63, 3.8) is 0 Å². The van der Waals surface area contributed by atoms with Crippen molar-refractivity contribution in [3.05, 3.63) is 207 Å². The van der Waals surface area contributed by atoms with Crippen LogP contribution in [-0.4, -0.2) is 27.5 Å². The zero-order valence-electron chi connectivity index (χ0n) is 26.9. The molecule has 6 aromatic rings. The predicted octanol–water partition coefficient (Wildman–Crippen LogP) is 7.92. The molecule has 1 atom stereocenters. The molecule has 0 amide bonds. The summed E-state index contributed by atoms with van der Waals surface area (Å²) < 4.78 is 0. The number of nitrogens with one attached hydrogen (secondary N) is 2. The summed E-state index contributed by atoms with van der Waals surface area (Å²) in [5.41, 5.74) is 12.6. The van der Waals surface area contributed by atoms with Gasteiger partial charge in [0.25, 0.3) is 0 Å². The number of hydrogen-bond donors (Lipinski definition) is 2. The van der Waals surface area contributed by atoms with Gasteiger partial charge < -0.3 is 15.3 Å². The number of allylic oxidation sites excluding steroid dienone is 2. The lowest BCUT2D eigenvalue weighted by Crippen LogP contribution is -2.22. The number of aromatic amines is 2. The van der Waals surface area contributed by atoms with Crippen molar-refractivity contribution in [1.82, 2.24) is 9.97 Å². The van der Waals surface area contributed by atoms with Gasteiger partial charge in [0.2, 0.25) is 0 Å². The molecule has 2 N–H and O–H groups in total. The van der Waals surface area contributed by atoms with Gasteiger partial charge in [-0.15, -0.1) is 0 Å². The highest BCUT2D eigenvalue weighted by atomic mass is 16.1. The maximum Gasteiger partial charge on any atom is 0.140 e. The molecule has 1 saturated heterocycles. The molecule has 8 bridgehead atoms. The second-order valence-corrected chi connectivity index (χ2v) is 12.7. The predicted molar refractivity (Wildman–Crippen MR) is 197 cm³/mol.